The van der Waals surface area contributed by atoms with Gasteiger partial charge in [0.25, 0.3) is 5.91 Å². The molecule has 0 aliphatic carbocycles. The van der Waals surface area contributed by atoms with Crippen LogP contribution in [-0.2, 0) is 11.3 Å². The molecule has 6 heteroatoms. The van der Waals surface area contributed by atoms with Crippen LogP contribution < -0.4 is 10.1 Å². The Hall–Kier alpha value is -2.05. The lowest BCUT2D eigenvalue weighted by atomic mass is 10.2. The second-order valence-corrected chi connectivity index (χ2v) is 7.05. The van der Waals surface area contributed by atoms with Gasteiger partial charge in [-0.2, -0.15) is 0 Å². The molecule has 3 heterocycles. The number of carbonyl (C=O) groups excluding carboxylic acids is 1. The molecule has 1 atom stereocenters. The number of benzene rings is 1. The predicted molar refractivity (Wildman–Crippen MR) is 101 cm³/mol. The molecular weight excluding hydrogens is 330 g/mol. The Morgan fingerprint density at radius 2 is 2.15 bits per heavy atom. The number of hydrogen-bond donors (Lipinski definition) is 1. The van der Waals surface area contributed by atoms with Crippen molar-refractivity contribution in [3.63, 3.8) is 0 Å². The average molecular weight is 357 g/mol. The molecule has 1 fully saturated rings. The van der Waals surface area contributed by atoms with Crippen molar-refractivity contribution in [2.24, 2.45) is 0 Å². The monoisotopic (exact) mass is 357 g/mol. The quantitative estimate of drug-likeness (QED) is 0.806. The Morgan fingerprint density at radius 1 is 1.31 bits per heavy atom. The Bertz CT molecular complexity index is 780. The molecule has 140 valence electrons. The Labute approximate surface area is 154 Å². The van der Waals surface area contributed by atoms with E-state index in [1.54, 1.807) is 0 Å². The van der Waals surface area contributed by atoms with Crippen LogP contribution in [0, 0.1) is 0 Å². The summed E-state index contributed by atoms with van der Waals surface area (Å²) < 4.78 is 13.5. The van der Waals surface area contributed by atoms with Crippen molar-refractivity contribution in [1.29, 1.82) is 0 Å². The number of ether oxygens (including phenoxy) is 2. The minimum absolute atomic E-state index is 0.00544. The molecule has 2 aliphatic rings. The number of carbonyl (C=O) groups is 1. The molecule has 0 unspecified atom stereocenters. The molecule has 0 bridgehead atoms. The number of amides is 1. The highest BCUT2D eigenvalue weighted by Gasteiger charge is 2.25. The van der Waals surface area contributed by atoms with E-state index >= 15 is 0 Å². The van der Waals surface area contributed by atoms with Crippen molar-refractivity contribution in [1.82, 2.24) is 14.8 Å². The summed E-state index contributed by atoms with van der Waals surface area (Å²) in [5, 5.41) is 4.16. The smallest absolute Gasteiger partial charge is 0.267 e. The van der Waals surface area contributed by atoms with E-state index in [0.29, 0.717) is 6.54 Å². The Morgan fingerprint density at radius 3 is 2.96 bits per heavy atom. The summed E-state index contributed by atoms with van der Waals surface area (Å²) in [7, 11) is 0. The van der Waals surface area contributed by atoms with Crippen molar-refractivity contribution in [3.8, 4) is 5.75 Å². The van der Waals surface area contributed by atoms with Gasteiger partial charge in [-0.3, -0.25) is 9.69 Å². The van der Waals surface area contributed by atoms with Crippen molar-refractivity contribution in [2.45, 2.75) is 32.4 Å². The van der Waals surface area contributed by atoms with E-state index < -0.39 is 0 Å². The van der Waals surface area contributed by atoms with Crippen LogP contribution in [0.4, 0.5) is 0 Å². The first kappa shape index (κ1) is 17.4. The van der Waals surface area contributed by atoms with Crippen molar-refractivity contribution >= 4 is 16.8 Å². The normalized spacial score (nSPS) is 20.1. The van der Waals surface area contributed by atoms with E-state index in [1.165, 1.54) is 0 Å². The van der Waals surface area contributed by atoms with Gasteiger partial charge in [0.1, 0.15) is 17.5 Å². The number of rotatable bonds is 6. The number of hydrogen-bond acceptors (Lipinski definition) is 4. The molecule has 1 saturated heterocycles. The van der Waals surface area contributed by atoms with Gasteiger partial charge < -0.3 is 19.4 Å². The Kier molecular flexibility index (Phi) is 5.13. The van der Waals surface area contributed by atoms with Crippen LogP contribution in [-0.4, -0.2) is 60.9 Å². The van der Waals surface area contributed by atoms with Gasteiger partial charge in [-0.05, 0) is 31.5 Å². The summed E-state index contributed by atoms with van der Waals surface area (Å²) in [6, 6.07) is 8.01. The van der Waals surface area contributed by atoms with Gasteiger partial charge in [-0.15, -0.1) is 0 Å². The van der Waals surface area contributed by atoms with Crippen molar-refractivity contribution in [3.05, 3.63) is 30.0 Å². The third-order valence-corrected chi connectivity index (χ3v) is 5.29. The first-order chi connectivity index (χ1) is 12.8. The molecule has 0 saturated carbocycles. The number of aromatic nitrogens is 1. The van der Waals surface area contributed by atoms with E-state index in [2.05, 4.69) is 21.7 Å². The fourth-order valence-corrected chi connectivity index (χ4v) is 3.82. The van der Waals surface area contributed by atoms with E-state index in [9.17, 15) is 4.79 Å². The van der Waals surface area contributed by atoms with Gasteiger partial charge in [-0.1, -0.05) is 19.1 Å². The minimum atomic E-state index is 0.00544. The highest BCUT2D eigenvalue weighted by atomic mass is 16.5. The molecule has 1 aromatic heterocycles. The highest BCUT2D eigenvalue weighted by Crippen LogP contribution is 2.34. The number of morpholine rings is 1. The van der Waals surface area contributed by atoms with Gasteiger partial charge in [0.2, 0.25) is 0 Å². The molecule has 0 radical (unpaired) electrons. The molecular formula is C20H27N3O3. The SMILES string of the molecule is CC[C@H]1Cn2c(C(=O)NCCCN3CCOCC3)cc3cccc(c32)O1. The fraction of sp³-hybridized carbons (Fsp3) is 0.550. The molecule has 2 aliphatic heterocycles. The summed E-state index contributed by atoms with van der Waals surface area (Å²) in [6.07, 6.45) is 2.00. The molecule has 4 rings (SSSR count). The molecule has 1 amide bonds. The summed E-state index contributed by atoms with van der Waals surface area (Å²) in [5.41, 5.74) is 1.77. The standard InChI is InChI=1S/C20H27N3O3/c1-2-16-14-23-17(13-15-5-3-6-18(26-16)19(15)23)20(24)21-7-4-8-22-9-11-25-12-10-22/h3,5-6,13,16H,2,4,7-12,14H2,1H3,(H,21,24)/t16-/m0/s1. The lowest BCUT2D eigenvalue weighted by Crippen LogP contribution is -2.38. The second-order valence-electron chi connectivity index (χ2n) is 7.05. The van der Waals surface area contributed by atoms with Crippen LogP contribution >= 0.6 is 0 Å². The topological polar surface area (TPSA) is 55.7 Å². The van der Waals surface area contributed by atoms with Crippen LogP contribution in [0.5, 0.6) is 5.75 Å². The summed E-state index contributed by atoms with van der Waals surface area (Å²) in [6.45, 7) is 8.15. The average Bonchev–Trinajstić information content (AvgIpc) is 3.06. The molecule has 6 nitrogen and oxygen atoms in total. The zero-order valence-corrected chi connectivity index (χ0v) is 15.4. The van der Waals surface area contributed by atoms with Gasteiger partial charge >= 0.3 is 0 Å². The minimum Gasteiger partial charge on any atom is -0.486 e. The van der Waals surface area contributed by atoms with Crippen molar-refractivity contribution in [2.75, 3.05) is 39.4 Å². The van der Waals surface area contributed by atoms with Crippen molar-refractivity contribution < 1.29 is 14.3 Å². The molecule has 1 N–H and O–H groups in total. The number of nitrogens with one attached hydrogen (secondary N) is 1. The van der Waals surface area contributed by atoms with Crippen LogP contribution in [0.2, 0.25) is 0 Å². The van der Waals surface area contributed by atoms with E-state index in [0.717, 1.165) is 74.6 Å². The summed E-state index contributed by atoms with van der Waals surface area (Å²) in [4.78, 5) is 15.2. The van der Waals surface area contributed by atoms with Gasteiger partial charge in [0.15, 0.2) is 0 Å². The maximum atomic E-state index is 12.8. The molecule has 2 aromatic rings. The third-order valence-electron chi connectivity index (χ3n) is 5.29. The Balaban J connectivity index is 1.42. The van der Waals surface area contributed by atoms with Gasteiger partial charge in [-0.25, -0.2) is 0 Å². The van der Waals surface area contributed by atoms with Crippen LogP contribution in [0.15, 0.2) is 24.3 Å². The summed E-state index contributed by atoms with van der Waals surface area (Å²) >= 11 is 0. The van der Waals surface area contributed by atoms with Gasteiger partial charge in [0, 0.05) is 25.0 Å². The van der Waals surface area contributed by atoms with Crippen LogP contribution in [0.25, 0.3) is 10.9 Å². The molecule has 0 spiro atoms. The first-order valence-corrected chi connectivity index (χ1v) is 9.63. The zero-order chi connectivity index (χ0) is 17.9. The highest BCUT2D eigenvalue weighted by molar-refractivity contribution is 6.00. The molecule has 26 heavy (non-hydrogen) atoms. The van der Waals surface area contributed by atoms with Crippen LogP contribution in [0.3, 0.4) is 0 Å². The van der Waals surface area contributed by atoms with Gasteiger partial charge in [0.05, 0.1) is 25.3 Å². The maximum Gasteiger partial charge on any atom is 0.267 e. The third kappa shape index (κ3) is 3.44. The van der Waals surface area contributed by atoms with E-state index in [4.69, 9.17) is 9.47 Å². The van der Waals surface area contributed by atoms with E-state index in [1.807, 2.05) is 24.3 Å². The fourth-order valence-electron chi connectivity index (χ4n) is 3.82. The zero-order valence-electron chi connectivity index (χ0n) is 15.4. The van der Waals surface area contributed by atoms with Crippen LogP contribution in [0.1, 0.15) is 30.3 Å². The largest absolute Gasteiger partial charge is 0.486 e. The van der Waals surface area contributed by atoms with E-state index in [-0.39, 0.29) is 12.0 Å². The second kappa shape index (κ2) is 7.68. The number of nitrogens with zero attached hydrogens (tertiary/aromatic N) is 2. The summed E-state index contributed by atoms with van der Waals surface area (Å²) in [5.74, 6) is 0.887. The number of para-hydroxylation sites is 1. The lowest BCUT2D eigenvalue weighted by molar-refractivity contribution is 0.0374. The lowest BCUT2D eigenvalue weighted by Gasteiger charge is -2.27. The predicted octanol–water partition coefficient (Wildman–Crippen LogP) is 2.26. The molecule has 1 aromatic carbocycles. The first-order valence-electron chi connectivity index (χ1n) is 9.63. The maximum absolute atomic E-state index is 12.8.